The number of thiophene rings is 1. The molecule has 44 heavy (non-hydrogen) atoms. The average molecular weight is 680 g/mol. The molecule has 2 aliphatic rings. The molecule has 2 saturated heterocycles. The summed E-state index contributed by atoms with van der Waals surface area (Å²) in [6, 6.07) is 11.5. The Bertz CT molecular complexity index is 1660. The molecule has 4 atom stereocenters. The zero-order valence-corrected chi connectivity index (χ0v) is 28.1. The first-order valence-corrected chi connectivity index (χ1v) is 17.7. The van der Waals surface area contributed by atoms with E-state index < -0.39 is 22.1 Å². The standard InChI is InChI=1S/C31H36Cl2N4O5S2/c1-17(2)11-24(34-29(38)26-12-19-7-5-6-8-25(19)43-26)30(39)36-15-22-14-21(36)16-37(22)31(40)28(18(3)4)35-44(41,42)27-10-9-20(32)13-23(27)33/h5-10,12-13,17-18,21-22,24,28,35H,11,14-16H2,1-4H3,(H,34,38)/t21-,22-,24?,28-/m0/s1. The van der Waals surface area contributed by atoms with Crippen LogP contribution in [0.15, 0.2) is 53.4 Å². The maximum absolute atomic E-state index is 13.8. The fourth-order valence-corrected chi connectivity index (χ4v) is 9.07. The van der Waals surface area contributed by atoms with Crippen LogP contribution in [-0.4, -0.2) is 73.2 Å². The summed E-state index contributed by atoms with van der Waals surface area (Å²) in [4.78, 5) is 44.6. The van der Waals surface area contributed by atoms with Crippen LogP contribution in [0.2, 0.25) is 10.0 Å². The SMILES string of the molecule is CC(C)CC(NC(=O)c1cc2ccccc2s1)C(=O)N1C[C@@H]2C[C@H]1CN2C(=O)[C@@H](NS(=O)(=O)c1ccc(Cl)cc1Cl)C(C)C. The number of likely N-dealkylation sites (tertiary alicyclic amines) is 2. The van der Waals surface area contributed by atoms with E-state index in [2.05, 4.69) is 10.0 Å². The second kappa shape index (κ2) is 13.0. The summed E-state index contributed by atoms with van der Waals surface area (Å²) in [7, 11) is -4.12. The van der Waals surface area contributed by atoms with Crippen molar-refractivity contribution in [1.29, 1.82) is 0 Å². The number of hydrogen-bond donors (Lipinski definition) is 2. The lowest BCUT2D eigenvalue weighted by molar-refractivity contribution is -0.142. The molecule has 0 spiro atoms. The van der Waals surface area contributed by atoms with Gasteiger partial charge in [-0.15, -0.1) is 11.3 Å². The zero-order valence-electron chi connectivity index (χ0n) is 24.9. The Balaban J connectivity index is 1.27. The number of rotatable bonds is 10. The van der Waals surface area contributed by atoms with Gasteiger partial charge in [0.15, 0.2) is 0 Å². The Morgan fingerprint density at radius 3 is 2.20 bits per heavy atom. The lowest BCUT2D eigenvalue weighted by Crippen LogP contribution is -2.59. The van der Waals surface area contributed by atoms with Gasteiger partial charge in [0.05, 0.1) is 22.0 Å². The number of sulfonamides is 1. The molecule has 5 rings (SSSR count). The van der Waals surface area contributed by atoms with E-state index in [4.69, 9.17) is 23.2 Å². The number of hydrogen-bond acceptors (Lipinski definition) is 6. The Morgan fingerprint density at radius 1 is 0.955 bits per heavy atom. The van der Waals surface area contributed by atoms with E-state index in [0.29, 0.717) is 35.8 Å². The summed E-state index contributed by atoms with van der Waals surface area (Å²) in [5, 5.41) is 4.22. The van der Waals surface area contributed by atoms with Crippen molar-refractivity contribution in [1.82, 2.24) is 19.8 Å². The maximum atomic E-state index is 13.8. The minimum Gasteiger partial charge on any atom is -0.340 e. The quantitative estimate of drug-likeness (QED) is 0.307. The summed E-state index contributed by atoms with van der Waals surface area (Å²) in [6.07, 6.45) is 1.08. The van der Waals surface area contributed by atoms with Crippen molar-refractivity contribution < 1.29 is 22.8 Å². The van der Waals surface area contributed by atoms with E-state index in [1.807, 2.05) is 44.2 Å². The third-order valence-corrected chi connectivity index (χ3v) is 11.4. The maximum Gasteiger partial charge on any atom is 0.262 e. The van der Waals surface area contributed by atoms with Crippen molar-refractivity contribution in [2.24, 2.45) is 11.8 Å². The van der Waals surface area contributed by atoms with Crippen LogP contribution >= 0.6 is 34.5 Å². The van der Waals surface area contributed by atoms with E-state index in [0.717, 1.165) is 10.1 Å². The monoisotopic (exact) mass is 678 g/mol. The first-order valence-electron chi connectivity index (χ1n) is 14.6. The molecule has 9 nitrogen and oxygen atoms in total. The van der Waals surface area contributed by atoms with E-state index in [9.17, 15) is 22.8 Å². The van der Waals surface area contributed by atoms with Crippen LogP contribution in [0.25, 0.3) is 10.1 Å². The second-order valence-electron chi connectivity index (χ2n) is 12.2. The first-order chi connectivity index (χ1) is 20.7. The van der Waals surface area contributed by atoms with Crippen LogP contribution < -0.4 is 10.0 Å². The fraction of sp³-hybridized carbons (Fsp3) is 0.452. The number of carbonyl (C=O) groups excluding carboxylic acids is 3. The molecule has 2 aliphatic heterocycles. The van der Waals surface area contributed by atoms with E-state index in [-0.39, 0.29) is 51.6 Å². The van der Waals surface area contributed by atoms with Gasteiger partial charge in [-0.25, -0.2) is 8.42 Å². The van der Waals surface area contributed by atoms with Gasteiger partial charge in [0.2, 0.25) is 21.8 Å². The van der Waals surface area contributed by atoms with Gasteiger partial charge in [0.1, 0.15) is 17.0 Å². The van der Waals surface area contributed by atoms with Gasteiger partial charge in [-0.3, -0.25) is 14.4 Å². The second-order valence-corrected chi connectivity index (χ2v) is 15.9. The fourth-order valence-electron chi connectivity index (χ4n) is 6.00. The number of benzene rings is 2. The van der Waals surface area contributed by atoms with Crippen molar-refractivity contribution in [2.45, 2.75) is 69.6 Å². The Labute approximate surface area is 271 Å². The highest BCUT2D eigenvalue weighted by atomic mass is 35.5. The van der Waals surface area contributed by atoms with Crippen LogP contribution in [-0.2, 0) is 19.6 Å². The highest BCUT2D eigenvalue weighted by Gasteiger charge is 2.50. The molecule has 3 heterocycles. The summed E-state index contributed by atoms with van der Waals surface area (Å²) in [6.45, 7) is 8.17. The molecule has 1 aromatic heterocycles. The molecule has 0 aliphatic carbocycles. The normalized spacial score (nSPS) is 19.6. The van der Waals surface area contributed by atoms with Crippen LogP contribution in [0.5, 0.6) is 0 Å². The van der Waals surface area contributed by atoms with Crippen LogP contribution in [0.4, 0.5) is 0 Å². The Morgan fingerprint density at radius 2 is 1.61 bits per heavy atom. The van der Waals surface area contributed by atoms with Gasteiger partial charge < -0.3 is 15.1 Å². The number of piperazine rings is 1. The molecule has 236 valence electrons. The van der Waals surface area contributed by atoms with Crippen LogP contribution in [0.1, 0.15) is 50.2 Å². The molecule has 1 unspecified atom stereocenters. The summed E-state index contributed by atoms with van der Waals surface area (Å²) in [5.41, 5.74) is 0. The van der Waals surface area contributed by atoms with Crippen molar-refractivity contribution >= 4 is 72.4 Å². The number of carbonyl (C=O) groups is 3. The number of nitrogens with zero attached hydrogens (tertiary/aromatic N) is 2. The summed E-state index contributed by atoms with van der Waals surface area (Å²) < 4.78 is 30.0. The molecule has 2 aromatic carbocycles. The minimum absolute atomic E-state index is 0.0373. The van der Waals surface area contributed by atoms with E-state index >= 15 is 0 Å². The Hall–Kier alpha value is -2.70. The van der Waals surface area contributed by atoms with Crippen molar-refractivity contribution in [3.05, 3.63) is 63.5 Å². The third kappa shape index (κ3) is 6.77. The van der Waals surface area contributed by atoms with Crippen molar-refractivity contribution in [3.63, 3.8) is 0 Å². The smallest absolute Gasteiger partial charge is 0.262 e. The Kier molecular flexibility index (Phi) is 9.63. The van der Waals surface area contributed by atoms with Crippen molar-refractivity contribution in [3.8, 4) is 0 Å². The molecular weight excluding hydrogens is 643 g/mol. The highest BCUT2D eigenvalue weighted by Crippen LogP contribution is 2.34. The van der Waals surface area contributed by atoms with Gasteiger partial charge in [0, 0.05) is 22.8 Å². The molecule has 0 saturated carbocycles. The number of fused-ring (bicyclic) bond motifs is 3. The molecule has 0 radical (unpaired) electrons. The predicted octanol–water partition coefficient (Wildman–Crippen LogP) is 5.17. The molecule has 3 aromatic rings. The third-order valence-electron chi connectivity index (χ3n) is 8.16. The van der Waals surface area contributed by atoms with Gasteiger partial charge in [-0.1, -0.05) is 69.1 Å². The first kappa shape index (κ1) is 32.7. The van der Waals surface area contributed by atoms with Crippen LogP contribution in [0, 0.1) is 11.8 Å². The van der Waals surface area contributed by atoms with E-state index in [1.54, 1.807) is 23.6 Å². The molecule has 2 bridgehead atoms. The van der Waals surface area contributed by atoms with Gasteiger partial charge in [0.25, 0.3) is 5.91 Å². The van der Waals surface area contributed by atoms with Crippen molar-refractivity contribution in [2.75, 3.05) is 13.1 Å². The highest BCUT2D eigenvalue weighted by molar-refractivity contribution is 7.89. The van der Waals surface area contributed by atoms with Crippen LogP contribution in [0.3, 0.4) is 0 Å². The minimum atomic E-state index is -4.12. The largest absolute Gasteiger partial charge is 0.340 e. The molecule has 2 N–H and O–H groups in total. The summed E-state index contributed by atoms with van der Waals surface area (Å²) >= 11 is 13.5. The molecule has 13 heteroatoms. The molecular formula is C31H36Cl2N4O5S2. The lowest BCUT2D eigenvalue weighted by Gasteiger charge is -2.38. The van der Waals surface area contributed by atoms with Gasteiger partial charge in [-0.05, 0) is 60.4 Å². The van der Waals surface area contributed by atoms with E-state index in [1.165, 1.54) is 29.5 Å². The predicted molar refractivity (Wildman–Crippen MR) is 174 cm³/mol. The van der Waals surface area contributed by atoms with Gasteiger partial charge >= 0.3 is 0 Å². The summed E-state index contributed by atoms with van der Waals surface area (Å²) in [5.74, 6) is -0.964. The topological polar surface area (TPSA) is 116 Å². The van der Waals surface area contributed by atoms with Gasteiger partial charge in [-0.2, -0.15) is 4.72 Å². The number of amides is 3. The molecule has 2 fully saturated rings. The molecule has 3 amide bonds. The average Bonchev–Trinajstić information content (AvgIpc) is 3.68. The lowest BCUT2D eigenvalue weighted by atomic mass is 10.0. The zero-order chi connectivity index (χ0) is 31.9. The number of nitrogens with one attached hydrogen (secondary N) is 2. The number of halogens is 2.